The van der Waals surface area contributed by atoms with Gasteiger partial charge in [0, 0.05) is 23.7 Å². The molecule has 2 rings (SSSR count). The van der Waals surface area contributed by atoms with Gasteiger partial charge in [-0.1, -0.05) is 41.4 Å². The Morgan fingerprint density at radius 3 is 2.60 bits per heavy atom. The zero-order valence-electron chi connectivity index (χ0n) is 13.1. The molecule has 132 valence electrons. The number of amides is 1. The van der Waals surface area contributed by atoms with Crippen LogP contribution in [0.15, 0.2) is 60.0 Å². The summed E-state index contributed by atoms with van der Waals surface area (Å²) in [7, 11) is -3.83. The van der Waals surface area contributed by atoms with Gasteiger partial charge >= 0.3 is 0 Å². The number of nitrogens with one attached hydrogen (secondary N) is 2. The molecule has 0 heterocycles. The SMILES string of the molecule is C=CCNS(=O)(=O)c1cc(C(=O)NCc2cccc(Cl)c2)ccc1Cl. The van der Waals surface area contributed by atoms with Crippen molar-refractivity contribution >= 4 is 39.1 Å². The summed E-state index contributed by atoms with van der Waals surface area (Å²) >= 11 is 11.9. The first-order valence-corrected chi connectivity index (χ1v) is 9.50. The first-order valence-electron chi connectivity index (χ1n) is 7.26. The molecule has 0 saturated carbocycles. The zero-order valence-corrected chi connectivity index (χ0v) is 15.5. The number of hydrogen-bond acceptors (Lipinski definition) is 3. The number of carbonyl (C=O) groups is 1. The lowest BCUT2D eigenvalue weighted by Crippen LogP contribution is -2.26. The summed E-state index contributed by atoms with van der Waals surface area (Å²) in [6.45, 7) is 3.77. The van der Waals surface area contributed by atoms with Crippen LogP contribution in [0.3, 0.4) is 0 Å². The van der Waals surface area contributed by atoms with Crippen molar-refractivity contribution in [2.45, 2.75) is 11.4 Å². The highest BCUT2D eigenvalue weighted by Gasteiger charge is 2.19. The molecule has 0 aliphatic carbocycles. The minimum atomic E-state index is -3.83. The van der Waals surface area contributed by atoms with Gasteiger partial charge in [-0.15, -0.1) is 6.58 Å². The van der Waals surface area contributed by atoms with E-state index in [1.807, 2.05) is 6.07 Å². The van der Waals surface area contributed by atoms with Crippen molar-refractivity contribution < 1.29 is 13.2 Å². The fourth-order valence-electron chi connectivity index (χ4n) is 2.03. The predicted molar refractivity (Wildman–Crippen MR) is 99.5 cm³/mol. The third-order valence-electron chi connectivity index (χ3n) is 3.24. The molecule has 2 N–H and O–H groups in total. The molecule has 8 heteroatoms. The average Bonchev–Trinajstić information content (AvgIpc) is 2.58. The van der Waals surface area contributed by atoms with Crippen LogP contribution in [0, 0.1) is 0 Å². The molecule has 0 bridgehead atoms. The number of sulfonamides is 1. The van der Waals surface area contributed by atoms with Gasteiger partial charge in [-0.2, -0.15) is 0 Å². The van der Waals surface area contributed by atoms with E-state index in [9.17, 15) is 13.2 Å². The van der Waals surface area contributed by atoms with Gasteiger partial charge in [0.05, 0.1) is 5.02 Å². The van der Waals surface area contributed by atoms with Crippen molar-refractivity contribution in [3.05, 3.63) is 76.3 Å². The smallest absolute Gasteiger partial charge is 0.251 e. The van der Waals surface area contributed by atoms with E-state index >= 15 is 0 Å². The van der Waals surface area contributed by atoms with E-state index < -0.39 is 15.9 Å². The summed E-state index contributed by atoms with van der Waals surface area (Å²) in [5.41, 5.74) is 1.01. The van der Waals surface area contributed by atoms with E-state index in [-0.39, 0.29) is 28.6 Å². The van der Waals surface area contributed by atoms with Crippen LogP contribution < -0.4 is 10.0 Å². The van der Waals surface area contributed by atoms with Gasteiger partial charge in [-0.3, -0.25) is 4.79 Å². The summed E-state index contributed by atoms with van der Waals surface area (Å²) in [4.78, 5) is 12.1. The maximum atomic E-state index is 12.3. The molecule has 0 saturated heterocycles. The number of carbonyl (C=O) groups excluding carboxylic acids is 1. The van der Waals surface area contributed by atoms with Crippen molar-refractivity contribution in [3.63, 3.8) is 0 Å². The second-order valence-electron chi connectivity index (χ2n) is 5.10. The lowest BCUT2D eigenvalue weighted by Gasteiger charge is -2.10. The lowest BCUT2D eigenvalue weighted by molar-refractivity contribution is 0.0950. The molecule has 0 fully saturated rings. The second-order valence-corrected chi connectivity index (χ2v) is 7.68. The van der Waals surface area contributed by atoms with Crippen molar-refractivity contribution in [2.24, 2.45) is 0 Å². The summed E-state index contributed by atoms with van der Waals surface area (Å²) in [6, 6.07) is 11.1. The quantitative estimate of drug-likeness (QED) is 0.701. The van der Waals surface area contributed by atoms with Gasteiger partial charge in [-0.25, -0.2) is 13.1 Å². The molecule has 0 aromatic heterocycles. The van der Waals surface area contributed by atoms with Crippen molar-refractivity contribution in [2.75, 3.05) is 6.54 Å². The van der Waals surface area contributed by atoms with Crippen LogP contribution in [0.5, 0.6) is 0 Å². The average molecular weight is 399 g/mol. The van der Waals surface area contributed by atoms with E-state index in [1.54, 1.807) is 18.2 Å². The first-order chi connectivity index (χ1) is 11.8. The Morgan fingerprint density at radius 1 is 1.16 bits per heavy atom. The van der Waals surface area contributed by atoms with Crippen LogP contribution >= 0.6 is 23.2 Å². The van der Waals surface area contributed by atoms with E-state index in [1.165, 1.54) is 24.3 Å². The Hall–Kier alpha value is -1.86. The normalized spacial score (nSPS) is 11.1. The zero-order chi connectivity index (χ0) is 18.4. The molecule has 0 aliphatic rings. The Balaban J connectivity index is 2.18. The van der Waals surface area contributed by atoms with Crippen molar-refractivity contribution in [3.8, 4) is 0 Å². The Labute approximate surface area is 156 Å². The topological polar surface area (TPSA) is 75.3 Å². The van der Waals surface area contributed by atoms with Gasteiger partial charge < -0.3 is 5.32 Å². The van der Waals surface area contributed by atoms with E-state index in [4.69, 9.17) is 23.2 Å². The number of hydrogen-bond donors (Lipinski definition) is 2. The number of halogens is 2. The third-order valence-corrected chi connectivity index (χ3v) is 5.38. The molecule has 0 radical (unpaired) electrons. The molecule has 25 heavy (non-hydrogen) atoms. The Bertz CT molecular complexity index is 899. The van der Waals surface area contributed by atoms with Crippen LogP contribution in [-0.2, 0) is 16.6 Å². The Morgan fingerprint density at radius 2 is 1.92 bits per heavy atom. The lowest BCUT2D eigenvalue weighted by atomic mass is 10.2. The second kappa shape index (κ2) is 8.49. The first kappa shape index (κ1) is 19.5. The van der Waals surface area contributed by atoms with Crippen molar-refractivity contribution in [1.82, 2.24) is 10.0 Å². The number of rotatable bonds is 7. The van der Waals surface area contributed by atoms with Crippen LogP contribution in [0.25, 0.3) is 0 Å². The highest BCUT2D eigenvalue weighted by atomic mass is 35.5. The minimum absolute atomic E-state index is 0.0305. The van der Waals surface area contributed by atoms with Gasteiger partial charge in [0.2, 0.25) is 10.0 Å². The largest absolute Gasteiger partial charge is 0.348 e. The summed E-state index contributed by atoms with van der Waals surface area (Å²) < 4.78 is 26.7. The monoisotopic (exact) mass is 398 g/mol. The maximum Gasteiger partial charge on any atom is 0.251 e. The molecule has 2 aromatic rings. The number of benzene rings is 2. The molecular formula is C17H16Cl2N2O3S. The molecule has 0 unspecified atom stereocenters. The Kier molecular flexibility index (Phi) is 6.61. The van der Waals surface area contributed by atoms with Gasteiger partial charge in [0.25, 0.3) is 5.91 Å². The van der Waals surface area contributed by atoms with Gasteiger partial charge in [0.15, 0.2) is 0 Å². The molecule has 5 nitrogen and oxygen atoms in total. The summed E-state index contributed by atoms with van der Waals surface area (Å²) in [5.74, 6) is -0.420. The molecule has 0 atom stereocenters. The fourth-order valence-corrected chi connectivity index (χ4v) is 3.76. The predicted octanol–water partition coefficient (Wildman–Crippen LogP) is 3.39. The highest BCUT2D eigenvalue weighted by Crippen LogP contribution is 2.22. The van der Waals surface area contributed by atoms with Gasteiger partial charge in [0.1, 0.15) is 4.90 Å². The van der Waals surface area contributed by atoms with Crippen molar-refractivity contribution in [1.29, 1.82) is 0 Å². The maximum absolute atomic E-state index is 12.3. The van der Waals surface area contributed by atoms with Crippen LogP contribution in [0.1, 0.15) is 15.9 Å². The fraction of sp³-hybridized carbons (Fsp3) is 0.118. The molecule has 1 amide bonds. The van der Waals surface area contributed by atoms with Crippen LogP contribution in [-0.4, -0.2) is 20.9 Å². The minimum Gasteiger partial charge on any atom is -0.348 e. The molecular weight excluding hydrogens is 383 g/mol. The summed E-state index contributed by atoms with van der Waals surface area (Å²) in [5, 5.41) is 3.31. The standard InChI is InChI=1S/C17H16Cl2N2O3S/c1-2-8-21-25(23,24)16-10-13(6-7-15(16)19)17(22)20-11-12-4-3-5-14(18)9-12/h2-7,9-10,21H,1,8,11H2,(H,20,22). The van der Waals surface area contributed by atoms with Gasteiger partial charge in [-0.05, 0) is 35.9 Å². The third kappa shape index (κ3) is 5.31. The van der Waals surface area contributed by atoms with Crippen LogP contribution in [0.4, 0.5) is 0 Å². The summed E-state index contributed by atoms with van der Waals surface area (Å²) in [6.07, 6.45) is 1.41. The van der Waals surface area contributed by atoms with E-state index in [2.05, 4.69) is 16.6 Å². The van der Waals surface area contributed by atoms with E-state index in [0.717, 1.165) is 5.56 Å². The molecule has 0 aliphatic heterocycles. The van der Waals surface area contributed by atoms with Crippen LogP contribution in [0.2, 0.25) is 10.0 Å². The molecule has 0 spiro atoms. The highest BCUT2D eigenvalue weighted by molar-refractivity contribution is 7.89. The molecule has 2 aromatic carbocycles. The van der Waals surface area contributed by atoms with E-state index in [0.29, 0.717) is 5.02 Å².